The highest BCUT2D eigenvalue weighted by atomic mass is 79.9. The van der Waals surface area contributed by atoms with Gasteiger partial charge in [-0.3, -0.25) is 4.90 Å². The van der Waals surface area contributed by atoms with E-state index < -0.39 is 5.60 Å². The van der Waals surface area contributed by atoms with Crippen molar-refractivity contribution in [2.24, 2.45) is 0 Å². The van der Waals surface area contributed by atoms with Crippen LogP contribution in [0.4, 0.5) is 10.8 Å². The monoisotopic (exact) mass is 423 g/mol. The molecule has 1 amide bonds. The van der Waals surface area contributed by atoms with E-state index in [0.717, 1.165) is 16.4 Å². The molecule has 0 saturated carbocycles. The van der Waals surface area contributed by atoms with Crippen molar-refractivity contribution < 1.29 is 18.7 Å². The number of halogens is 1. The summed E-state index contributed by atoms with van der Waals surface area (Å²) in [7, 11) is 1.61. The fourth-order valence-electron chi connectivity index (χ4n) is 3.62. The Hall–Kier alpha value is -1.96. The van der Waals surface area contributed by atoms with Gasteiger partial charge >= 0.3 is 6.09 Å². The Labute approximate surface area is 160 Å². The van der Waals surface area contributed by atoms with Gasteiger partial charge in [0.05, 0.1) is 19.2 Å². The molecule has 1 aromatic heterocycles. The summed E-state index contributed by atoms with van der Waals surface area (Å²) in [4.78, 5) is 21.0. The number of nitrogens with zero attached hydrogens (tertiary/aromatic N) is 3. The normalized spacial score (nSPS) is 22.3. The molecule has 2 atom stereocenters. The largest absolute Gasteiger partial charge is 0.493 e. The number of hydrogen-bond donors (Lipinski definition) is 0. The summed E-state index contributed by atoms with van der Waals surface area (Å²) in [6, 6.07) is 4.56. The molecule has 0 aliphatic carbocycles. The minimum atomic E-state index is -0.482. The van der Waals surface area contributed by atoms with Crippen molar-refractivity contribution in [3.63, 3.8) is 0 Å². The van der Waals surface area contributed by atoms with Crippen LogP contribution < -0.4 is 9.64 Å². The van der Waals surface area contributed by atoms with Gasteiger partial charge in [0, 0.05) is 17.6 Å². The van der Waals surface area contributed by atoms with Gasteiger partial charge in [0.25, 0.3) is 6.01 Å². The lowest BCUT2D eigenvalue weighted by Gasteiger charge is -2.55. The van der Waals surface area contributed by atoms with Crippen LogP contribution in [0.5, 0.6) is 5.75 Å². The summed E-state index contributed by atoms with van der Waals surface area (Å²) >= 11 is 3.51. The standard InChI is InChI=1S/C18H22BrN3O4/c1-18(2,3)26-17(23)22-10-7-11(22)9-21(8-10)16-20-14-12(19)5-6-13(24-4)15(14)25-16/h5-6,10-11H,7-9H2,1-4H3. The summed E-state index contributed by atoms with van der Waals surface area (Å²) in [5.74, 6) is 0.652. The molecule has 3 aliphatic rings. The minimum absolute atomic E-state index is 0.129. The number of carbonyl (C=O) groups excluding carboxylic acids is 1. The molecule has 7 nitrogen and oxygen atoms in total. The van der Waals surface area contributed by atoms with Crippen LogP contribution in [0, 0.1) is 0 Å². The van der Waals surface area contributed by atoms with Gasteiger partial charge in [-0.2, -0.15) is 4.98 Å². The van der Waals surface area contributed by atoms with Gasteiger partial charge in [0.2, 0.25) is 0 Å². The second kappa shape index (κ2) is 6.04. The quantitative estimate of drug-likeness (QED) is 0.731. The number of hydrogen-bond acceptors (Lipinski definition) is 6. The highest BCUT2D eigenvalue weighted by Gasteiger charge is 2.49. The van der Waals surface area contributed by atoms with Gasteiger partial charge in [0.15, 0.2) is 11.3 Å². The predicted octanol–water partition coefficient (Wildman–Crippen LogP) is 3.80. The highest BCUT2D eigenvalue weighted by Crippen LogP contribution is 2.39. The lowest BCUT2D eigenvalue weighted by Crippen LogP contribution is -2.70. The first-order chi connectivity index (χ1) is 12.3. The number of oxazole rings is 1. The number of piperazine rings is 1. The van der Waals surface area contributed by atoms with E-state index in [2.05, 4.69) is 25.8 Å². The van der Waals surface area contributed by atoms with Crippen molar-refractivity contribution in [3.05, 3.63) is 16.6 Å². The van der Waals surface area contributed by atoms with E-state index in [0.29, 0.717) is 30.4 Å². The molecule has 3 fully saturated rings. The number of benzene rings is 1. The average molecular weight is 424 g/mol. The van der Waals surface area contributed by atoms with Gasteiger partial charge < -0.3 is 18.8 Å². The Kier molecular flexibility index (Phi) is 4.06. The molecule has 2 aromatic rings. The van der Waals surface area contributed by atoms with E-state index in [1.54, 1.807) is 7.11 Å². The molecule has 3 saturated heterocycles. The summed E-state index contributed by atoms with van der Waals surface area (Å²) in [6.45, 7) is 7.02. The molecule has 2 unspecified atom stereocenters. The van der Waals surface area contributed by atoms with E-state index in [-0.39, 0.29) is 18.2 Å². The molecule has 8 heteroatoms. The third-order valence-corrected chi connectivity index (χ3v) is 5.37. The molecule has 140 valence electrons. The molecule has 5 rings (SSSR count). The molecule has 0 radical (unpaired) electrons. The molecule has 3 aliphatic heterocycles. The minimum Gasteiger partial charge on any atom is -0.493 e. The van der Waals surface area contributed by atoms with Crippen LogP contribution in [-0.4, -0.2) is 53.9 Å². The van der Waals surface area contributed by atoms with Crippen molar-refractivity contribution in [2.45, 2.75) is 44.9 Å². The van der Waals surface area contributed by atoms with Crippen molar-refractivity contribution in [2.75, 3.05) is 25.1 Å². The summed E-state index contributed by atoms with van der Waals surface area (Å²) in [6.07, 6.45) is 0.753. The zero-order valence-electron chi connectivity index (χ0n) is 15.3. The smallest absolute Gasteiger partial charge is 0.410 e. The van der Waals surface area contributed by atoms with Gasteiger partial charge in [-0.25, -0.2) is 4.79 Å². The number of amides is 1. The summed E-state index contributed by atoms with van der Waals surface area (Å²) < 4.78 is 17.7. The average Bonchev–Trinajstić information content (AvgIpc) is 3.00. The maximum atomic E-state index is 12.4. The number of methoxy groups -OCH3 is 1. The summed E-state index contributed by atoms with van der Waals surface area (Å²) in [5, 5.41) is 0. The van der Waals surface area contributed by atoms with Crippen LogP contribution in [-0.2, 0) is 4.74 Å². The number of piperidine rings is 1. The first-order valence-corrected chi connectivity index (χ1v) is 9.45. The molecule has 0 spiro atoms. The molecule has 2 bridgehead atoms. The van der Waals surface area contributed by atoms with E-state index in [1.807, 2.05) is 37.8 Å². The van der Waals surface area contributed by atoms with Crippen LogP contribution in [0.3, 0.4) is 0 Å². The van der Waals surface area contributed by atoms with E-state index >= 15 is 0 Å². The molecule has 1 aromatic carbocycles. The number of fused-ring (bicyclic) bond motifs is 3. The Bertz CT molecular complexity index is 848. The van der Waals surface area contributed by atoms with E-state index in [4.69, 9.17) is 13.9 Å². The number of carbonyl (C=O) groups is 1. The fraction of sp³-hybridized carbons (Fsp3) is 0.556. The number of rotatable bonds is 2. The van der Waals surface area contributed by atoms with E-state index in [9.17, 15) is 4.79 Å². The lowest BCUT2D eigenvalue weighted by atomic mass is 9.88. The second-order valence-electron chi connectivity index (χ2n) is 7.76. The molecular weight excluding hydrogens is 402 g/mol. The van der Waals surface area contributed by atoms with Crippen molar-refractivity contribution >= 4 is 39.1 Å². The van der Waals surface area contributed by atoms with Crippen LogP contribution in [0.2, 0.25) is 0 Å². The maximum absolute atomic E-state index is 12.4. The number of anilines is 1. The SMILES string of the molecule is COc1ccc(Br)c2nc(N3CC4CC(C3)N4C(=O)OC(C)(C)C)oc12. The van der Waals surface area contributed by atoms with E-state index in [1.165, 1.54) is 0 Å². The first-order valence-electron chi connectivity index (χ1n) is 8.66. The van der Waals surface area contributed by atoms with Gasteiger partial charge in [0.1, 0.15) is 11.1 Å². The molecule has 0 N–H and O–H groups in total. The third-order valence-electron chi connectivity index (χ3n) is 4.73. The van der Waals surface area contributed by atoms with Crippen molar-refractivity contribution in [1.82, 2.24) is 9.88 Å². The van der Waals surface area contributed by atoms with Crippen molar-refractivity contribution in [1.29, 1.82) is 0 Å². The summed E-state index contributed by atoms with van der Waals surface area (Å²) in [5.41, 5.74) is 0.881. The van der Waals surface area contributed by atoms with Crippen LogP contribution >= 0.6 is 15.9 Å². The van der Waals surface area contributed by atoms with Gasteiger partial charge in [-0.15, -0.1) is 0 Å². The number of ether oxygens (including phenoxy) is 2. The van der Waals surface area contributed by atoms with Crippen LogP contribution in [0.25, 0.3) is 11.1 Å². The Morgan fingerprint density at radius 1 is 1.31 bits per heavy atom. The Balaban J connectivity index is 1.53. The zero-order valence-corrected chi connectivity index (χ0v) is 16.9. The molecular formula is C18H22BrN3O4. The second-order valence-corrected chi connectivity index (χ2v) is 8.61. The fourth-order valence-corrected chi connectivity index (χ4v) is 4.02. The predicted molar refractivity (Wildman–Crippen MR) is 101 cm³/mol. The molecule has 4 heterocycles. The van der Waals surface area contributed by atoms with Crippen LogP contribution in [0.15, 0.2) is 21.0 Å². The number of aromatic nitrogens is 1. The van der Waals surface area contributed by atoms with Gasteiger partial charge in [-0.1, -0.05) is 0 Å². The topological polar surface area (TPSA) is 68.0 Å². The zero-order chi connectivity index (χ0) is 18.6. The first kappa shape index (κ1) is 17.5. The maximum Gasteiger partial charge on any atom is 0.410 e. The van der Waals surface area contributed by atoms with Crippen molar-refractivity contribution in [3.8, 4) is 5.75 Å². The lowest BCUT2D eigenvalue weighted by molar-refractivity contribution is -0.0386. The Morgan fingerprint density at radius 3 is 2.62 bits per heavy atom. The Morgan fingerprint density at radius 2 is 2.00 bits per heavy atom. The third kappa shape index (κ3) is 2.90. The van der Waals surface area contributed by atoms with Crippen LogP contribution in [0.1, 0.15) is 27.2 Å². The highest BCUT2D eigenvalue weighted by molar-refractivity contribution is 9.10. The molecule has 26 heavy (non-hydrogen) atoms. The van der Waals surface area contributed by atoms with Gasteiger partial charge in [-0.05, 0) is 55.3 Å².